The zero-order valence-electron chi connectivity index (χ0n) is 15.6. The van der Waals surface area contributed by atoms with Gasteiger partial charge in [-0.3, -0.25) is 14.7 Å². The normalized spacial score (nSPS) is 16.3. The second-order valence-corrected chi connectivity index (χ2v) is 7.21. The van der Waals surface area contributed by atoms with Crippen molar-refractivity contribution in [2.45, 2.75) is 32.2 Å². The molecule has 140 valence electrons. The van der Waals surface area contributed by atoms with Crippen LogP contribution in [0.15, 0.2) is 53.2 Å². The van der Waals surface area contributed by atoms with Gasteiger partial charge >= 0.3 is 0 Å². The fourth-order valence-electron chi connectivity index (χ4n) is 3.86. The Morgan fingerprint density at radius 1 is 1.22 bits per heavy atom. The first-order chi connectivity index (χ1) is 13.2. The van der Waals surface area contributed by atoms with E-state index in [0.717, 1.165) is 35.2 Å². The highest BCUT2D eigenvalue weighted by molar-refractivity contribution is 5.96. The van der Waals surface area contributed by atoms with E-state index < -0.39 is 0 Å². The van der Waals surface area contributed by atoms with Crippen LogP contribution in [0.4, 0.5) is 0 Å². The van der Waals surface area contributed by atoms with Crippen LogP contribution >= 0.6 is 0 Å². The molecule has 5 heteroatoms. The number of likely N-dealkylation sites (tertiary alicyclic amines) is 1. The van der Waals surface area contributed by atoms with Gasteiger partial charge in [0.25, 0.3) is 5.91 Å². The predicted octanol–water partition coefficient (Wildman–Crippen LogP) is 4.09. The van der Waals surface area contributed by atoms with Crippen molar-refractivity contribution in [2.75, 3.05) is 19.6 Å². The molecule has 0 saturated carbocycles. The van der Waals surface area contributed by atoms with Crippen LogP contribution in [0.1, 0.15) is 47.0 Å². The summed E-state index contributed by atoms with van der Waals surface area (Å²) >= 11 is 0. The van der Waals surface area contributed by atoms with Gasteiger partial charge in [0.2, 0.25) is 0 Å². The molecule has 1 atom stereocenters. The maximum absolute atomic E-state index is 12.7. The second kappa shape index (κ2) is 7.92. The number of amides is 1. The molecular weight excluding hydrogens is 338 g/mol. The first kappa shape index (κ1) is 17.7. The summed E-state index contributed by atoms with van der Waals surface area (Å²) in [6.07, 6.45) is 7.37. The van der Waals surface area contributed by atoms with E-state index in [4.69, 9.17) is 4.42 Å². The number of hydrogen-bond donors (Lipinski definition) is 1. The average molecular weight is 363 g/mol. The topological polar surface area (TPSA) is 58.4 Å². The molecule has 1 N–H and O–H groups in total. The lowest BCUT2D eigenvalue weighted by atomic mass is 10.0. The minimum Gasteiger partial charge on any atom is -0.451 e. The number of benzene rings is 1. The van der Waals surface area contributed by atoms with Crippen molar-refractivity contribution < 1.29 is 9.21 Å². The van der Waals surface area contributed by atoms with Crippen molar-refractivity contribution >= 4 is 16.9 Å². The number of nitrogens with one attached hydrogen (secondary N) is 1. The molecule has 2 aromatic heterocycles. The predicted molar refractivity (Wildman–Crippen MR) is 106 cm³/mol. The number of carbonyl (C=O) groups is 1. The number of para-hydroxylation sites is 1. The molecular formula is C22H25N3O2. The van der Waals surface area contributed by atoms with Crippen LogP contribution in [0.2, 0.25) is 0 Å². The molecule has 0 bridgehead atoms. The quantitative estimate of drug-likeness (QED) is 0.742. The lowest BCUT2D eigenvalue weighted by Gasteiger charge is -2.34. The van der Waals surface area contributed by atoms with Gasteiger partial charge in [0.15, 0.2) is 5.76 Å². The van der Waals surface area contributed by atoms with Crippen LogP contribution in [0.3, 0.4) is 0 Å². The number of piperidine rings is 1. The van der Waals surface area contributed by atoms with Gasteiger partial charge in [-0.2, -0.15) is 0 Å². The van der Waals surface area contributed by atoms with Crippen molar-refractivity contribution in [1.29, 1.82) is 0 Å². The molecule has 1 aliphatic heterocycles. The molecule has 27 heavy (non-hydrogen) atoms. The number of furan rings is 1. The third-order valence-electron chi connectivity index (χ3n) is 5.32. The maximum Gasteiger partial charge on any atom is 0.287 e. The molecule has 4 rings (SSSR count). The number of aryl methyl sites for hydroxylation is 1. The lowest BCUT2D eigenvalue weighted by Crippen LogP contribution is -2.40. The molecule has 1 aliphatic rings. The fraction of sp³-hybridized carbons (Fsp3) is 0.364. The molecule has 1 amide bonds. The van der Waals surface area contributed by atoms with E-state index in [2.05, 4.69) is 21.3 Å². The molecule has 0 spiro atoms. The summed E-state index contributed by atoms with van der Waals surface area (Å²) in [4.78, 5) is 19.4. The summed E-state index contributed by atoms with van der Waals surface area (Å²) in [6.45, 7) is 4.64. The standard InChI is InChI=1S/C22H25N3O2/c1-16-7-5-8-17-13-20(27-21(16)17)22(26)24-15-19(18-9-6-10-23-14-18)25-11-3-2-4-12-25/h5-10,13-14,19H,2-4,11-12,15H2,1H3,(H,24,26). The number of nitrogens with zero attached hydrogens (tertiary/aromatic N) is 2. The van der Waals surface area contributed by atoms with E-state index >= 15 is 0 Å². The van der Waals surface area contributed by atoms with Gasteiger partial charge in [-0.05, 0) is 56.1 Å². The zero-order chi connectivity index (χ0) is 18.6. The summed E-state index contributed by atoms with van der Waals surface area (Å²) in [5, 5.41) is 4.03. The van der Waals surface area contributed by atoms with Crippen LogP contribution in [0.25, 0.3) is 11.0 Å². The highest BCUT2D eigenvalue weighted by Gasteiger charge is 2.24. The van der Waals surface area contributed by atoms with Gasteiger partial charge in [0, 0.05) is 24.3 Å². The Kier molecular flexibility index (Phi) is 5.21. The largest absolute Gasteiger partial charge is 0.451 e. The number of aromatic nitrogens is 1. The van der Waals surface area contributed by atoms with Crippen molar-refractivity contribution in [3.8, 4) is 0 Å². The first-order valence-electron chi connectivity index (χ1n) is 9.64. The summed E-state index contributed by atoms with van der Waals surface area (Å²) in [5.41, 5.74) is 2.95. The Labute approximate surface area is 159 Å². The van der Waals surface area contributed by atoms with E-state index in [1.165, 1.54) is 19.3 Å². The average Bonchev–Trinajstić information content (AvgIpc) is 3.16. The van der Waals surface area contributed by atoms with Crippen molar-refractivity contribution in [3.05, 3.63) is 65.7 Å². The number of fused-ring (bicyclic) bond motifs is 1. The van der Waals surface area contributed by atoms with E-state index in [1.807, 2.05) is 43.5 Å². The number of pyridine rings is 1. The zero-order valence-corrected chi connectivity index (χ0v) is 15.6. The molecule has 1 saturated heterocycles. The van der Waals surface area contributed by atoms with Gasteiger partial charge in [0.1, 0.15) is 5.58 Å². The van der Waals surface area contributed by atoms with E-state index in [-0.39, 0.29) is 11.9 Å². The van der Waals surface area contributed by atoms with E-state index in [0.29, 0.717) is 12.3 Å². The van der Waals surface area contributed by atoms with E-state index in [9.17, 15) is 4.79 Å². The van der Waals surface area contributed by atoms with Crippen LogP contribution in [0, 0.1) is 6.92 Å². The van der Waals surface area contributed by atoms with Gasteiger partial charge in [-0.25, -0.2) is 0 Å². The summed E-state index contributed by atoms with van der Waals surface area (Å²) in [5.74, 6) is 0.194. The molecule has 3 heterocycles. The minimum absolute atomic E-state index is 0.133. The van der Waals surface area contributed by atoms with Crippen molar-refractivity contribution in [3.63, 3.8) is 0 Å². The number of carbonyl (C=O) groups excluding carboxylic acids is 1. The van der Waals surface area contributed by atoms with Crippen LogP contribution in [-0.2, 0) is 0 Å². The fourth-order valence-corrected chi connectivity index (χ4v) is 3.86. The highest BCUT2D eigenvalue weighted by Crippen LogP contribution is 2.25. The second-order valence-electron chi connectivity index (χ2n) is 7.21. The summed E-state index contributed by atoms with van der Waals surface area (Å²) in [7, 11) is 0. The third-order valence-corrected chi connectivity index (χ3v) is 5.32. The molecule has 1 unspecified atom stereocenters. The minimum atomic E-state index is -0.170. The van der Waals surface area contributed by atoms with E-state index in [1.54, 1.807) is 6.20 Å². The van der Waals surface area contributed by atoms with Crippen LogP contribution in [0.5, 0.6) is 0 Å². The third kappa shape index (κ3) is 3.88. The van der Waals surface area contributed by atoms with Crippen molar-refractivity contribution in [2.24, 2.45) is 0 Å². The van der Waals surface area contributed by atoms with Crippen LogP contribution < -0.4 is 5.32 Å². The SMILES string of the molecule is Cc1cccc2cc(C(=O)NCC(c3cccnc3)N3CCCCC3)oc12. The summed E-state index contributed by atoms with van der Waals surface area (Å²) in [6, 6.07) is 11.9. The highest BCUT2D eigenvalue weighted by atomic mass is 16.3. The number of hydrogen-bond acceptors (Lipinski definition) is 4. The van der Waals surface area contributed by atoms with Gasteiger partial charge in [-0.15, -0.1) is 0 Å². The monoisotopic (exact) mass is 363 g/mol. The molecule has 1 aromatic carbocycles. The Morgan fingerprint density at radius 3 is 2.81 bits per heavy atom. The smallest absolute Gasteiger partial charge is 0.287 e. The Balaban J connectivity index is 1.50. The lowest BCUT2D eigenvalue weighted by molar-refractivity contribution is 0.0899. The number of rotatable bonds is 5. The molecule has 3 aromatic rings. The van der Waals surface area contributed by atoms with Crippen LogP contribution in [-0.4, -0.2) is 35.4 Å². The Hall–Kier alpha value is -2.66. The van der Waals surface area contributed by atoms with Gasteiger partial charge < -0.3 is 9.73 Å². The molecule has 0 aliphatic carbocycles. The Morgan fingerprint density at radius 2 is 2.07 bits per heavy atom. The first-order valence-corrected chi connectivity index (χ1v) is 9.64. The molecule has 5 nitrogen and oxygen atoms in total. The maximum atomic E-state index is 12.7. The van der Waals surface area contributed by atoms with Gasteiger partial charge in [-0.1, -0.05) is 30.7 Å². The van der Waals surface area contributed by atoms with Crippen molar-refractivity contribution in [1.82, 2.24) is 15.2 Å². The molecule has 1 fully saturated rings. The van der Waals surface area contributed by atoms with Gasteiger partial charge in [0.05, 0.1) is 6.04 Å². The summed E-state index contributed by atoms with van der Waals surface area (Å²) < 4.78 is 5.81. The Bertz CT molecular complexity index is 914. The molecule has 0 radical (unpaired) electrons.